The number of ether oxygens (including phenoxy) is 1. The first kappa shape index (κ1) is 18.2. The second-order valence-corrected chi connectivity index (χ2v) is 6.84. The lowest BCUT2D eigenvalue weighted by atomic mass is 9.93. The summed E-state index contributed by atoms with van der Waals surface area (Å²) in [4.78, 5) is 30.6. The number of benzene rings is 1. The van der Waals surface area contributed by atoms with Crippen LogP contribution in [-0.2, 0) is 9.53 Å². The van der Waals surface area contributed by atoms with Gasteiger partial charge in [0, 0.05) is 31.1 Å². The van der Waals surface area contributed by atoms with Crippen molar-refractivity contribution >= 4 is 28.5 Å². The molecule has 138 valence electrons. The van der Waals surface area contributed by atoms with E-state index in [2.05, 4.69) is 9.88 Å². The maximum absolute atomic E-state index is 12.5. The summed E-state index contributed by atoms with van der Waals surface area (Å²) < 4.78 is 5.25. The number of fused-ring (bicyclic) bond motifs is 1. The molecule has 26 heavy (non-hydrogen) atoms. The molecule has 1 atom stereocenters. The Morgan fingerprint density at radius 3 is 2.92 bits per heavy atom. The van der Waals surface area contributed by atoms with Gasteiger partial charge >= 0.3 is 5.97 Å². The van der Waals surface area contributed by atoms with Gasteiger partial charge in [-0.1, -0.05) is 18.2 Å². The monoisotopic (exact) mass is 355 g/mol. The van der Waals surface area contributed by atoms with Crippen molar-refractivity contribution in [3.8, 4) is 0 Å². The van der Waals surface area contributed by atoms with Gasteiger partial charge < -0.3 is 15.4 Å². The minimum absolute atomic E-state index is 0.198. The molecule has 3 rings (SSSR count). The predicted octanol–water partition coefficient (Wildman–Crippen LogP) is 2.81. The summed E-state index contributed by atoms with van der Waals surface area (Å²) in [6.07, 6.45) is 3.90. The minimum atomic E-state index is -0.365. The number of aromatic nitrogens is 1. The van der Waals surface area contributed by atoms with Crippen LogP contribution in [0.15, 0.2) is 24.4 Å². The lowest BCUT2D eigenvalue weighted by Gasteiger charge is -2.35. The van der Waals surface area contributed by atoms with Crippen molar-refractivity contribution < 1.29 is 14.3 Å². The van der Waals surface area contributed by atoms with E-state index in [1.165, 1.54) is 0 Å². The van der Waals surface area contributed by atoms with Crippen LogP contribution in [0.5, 0.6) is 0 Å². The molecule has 1 fully saturated rings. The summed E-state index contributed by atoms with van der Waals surface area (Å²) in [7, 11) is 0. The van der Waals surface area contributed by atoms with Crippen molar-refractivity contribution in [3.05, 3.63) is 35.5 Å². The Morgan fingerprint density at radius 1 is 1.38 bits per heavy atom. The molecule has 1 unspecified atom stereocenters. The molecular weight excluding hydrogens is 330 g/mol. The minimum Gasteiger partial charge on any atom is -0.462 e. The number of para-hydroxylation sites is 1. The number of carbonyl (C=O) groups excluding carboxylic acids is 2. The van der Waals surface area contributed by atoms with Crippen molar-refractivity contribution in [2.75, 3.05) is 24.6 Å². The molecule has 6 nitrogen and oxygen atoms in total. The zero-order valence-corrected chi connectivity index (χ0v) is 15.3. The van der Waals surface area contributed by atoms with E-state index >= 15 is 0 Å². The molecule has 0 bridgehead atoms. The van der Waals surface area contributed by atoms with Crippen LogP contribution in [0, 0.1) is 12.8 Å². The van der Waals surface area contributed by atoms with Crippen LogP contribution in [-0.4, -0.2) is 36.6 Å². The second-order valence-electron chi connectivity index (χ2n) is 6.84. The highest BCUT2D eigenvalue weighted by Crippen LogP contribution is 2.34. The van der Waals surface area contributed by atoms with Gasteiger partial charge in [-0.2, -0.15) is 0 Å². The van der Waals surface area contributed by atoms with Gasteiger partial charge in [0.1, 0.15) is 5.56 Å². The van der Waals surface area contributed by atoms with Crippen molar-refractivity contribution in [1.29, 1.82) is 0 Å². The molecule has 0 aliphatic carbocycles. The molecule has 2 aromatic rings. The fourth-order valence-electron chi connectivity index (χ4n) is 3.77. The summed E-state index contributed by atoms with van der Waals surface area (Å²) >= 11 is 0. The lowest BCUT2D eigenvalue weighted by molar-refractivity contribution is -0.118. The van der Waals surface area contributed by atoms with E-state index in [0.29, 0.717) is 25.1 Å². The van der Waals surface area contributed by atoms with Gasteiger partial charge in [0.25, 0.3) is 0 Å². The molecule has 0 saturated carbocycles. The van der Waals surface area contributed by atoms with Gasteiger partial charge in [0.15, 0.2) is 0 Å². The van der Waals surface area contributed by atoms with E-state index in [0.717, 1.165) is 41.5 Å². The molecule has 2 heterocycles. The summed E-state index contributed by atoms with van der Waals surface area (Å²) in [5.74, 6) is -0.447. The van der Waals surface area contributed by atoms with Crippen LogP contribution >= 0.6 is 0 Å². The standard InChI is InChI=1S/C20H25N3O3/c1-3-26-20(25)16-11-22-18-13(2)6-4-8-15(18)19(16)23-9-5-7-14(12-23)10-17(21)24/h4,6,8,11,14H,3,5,7,9-10,12H2,1-2H3,(H2,21,24). The fraction of sp³-hybridized carbons (Fsp3) is 0.450. The summed E-state index contributed by atoms with van der Waals surface area (Å²) in [5, 5.41) is 0.940. The average Bonchev–Trinajstić information content (AvgIpc) is 2.61. The normalized spacial score (nSPS) is 17.3. The quantitative estimate of drug-likeness (QED) is 0.834. The van der Waals surface area contributed by atoms with Gasteiger partial charge in [0.05, 0.1) is 17.8 Å². The van der Waals surface area contributed by atoms with E-state index in [4.69, 9.17) is 10.5 Å². The van der Waals surface area contributed by atoms with Crippen molar-refractivity contribution in [2.45, 2.75) is 33.1 Å². The van der Waals surface area contributed by atoms with Crippen LogP contribution in [0.1, 0.15) is 42.1 Å². The summed E-state index contributed by atoms with van der Waals surface area (Å²) in [6.45, 7) is 5.64. The predicted molar refractivity (Wildman–Crippen MR) is 101 cm³/mol. The zero-order chi connectivity index (χ0) is 18.7. The molecule has 1 aliphatic heterocycles. The van der Waals surface area contributed by atoms with Crippen LogP contribution in [0.25, 0.3) is 10.9 Å². The van der Waals surface area contributed by atoms with E-state index in [9.17, 15) is 9.59 Å². The largest absolute Gasteiger partial charge is 0.462 e. The Kier molecular flexibility index (Phi) is 5.40. The molecule has 1 aliphatic rings. The second kappa shape index (κ2) is 7.72. The Bertz CT molecular complexity index is 834. The number of nitrogens with zero attached hydrogens (tertiary/aromatic N) is 2. The Balaban J connectivity index is 2.08. The number of rotatable bonds is 5. The Labute approximate surface area is 153 Å². The van der Waals surface area contributed by atoms with Crippen LogP contribution in [0.4, 0.5) is 5.69 Å². The molecule has 1 aromatic carbocycles. The number of piperidine rings is 1. The number of aryl methyl sites for hydroxylation is 1. The number of amides is 1. The topological polar surface area (TPSA) is 85.5 Å². The maximum atomic E-state index is 12.5. The van der Waals surface area contributed by atoms with E-state index in [1.54, 1.807) is 13.1 Å². The maximum Gasteiger partial charge on any atom is 0.341 e. The van der Waals surface area contributed by atoms with Crippen molar-refractivity contribution in [1.82, 2.24) is 4.98 Å². The third-order valence-corrected chi connectivity index (χ3v) is 4.89. The van der Waals surface area contributed by atoms with E-state index in [1.807, 2.05) is 25.1 Å². The number of pyridine rings is 1. The SMILES string of the molecule is CCOC(=O)c1cnc2c(C)cccc2c1N1CCCC(CC(N)=O)C1. The van der Waals surface area contributed by atoms with Gasteiger partial charge in [-0.25, -0.2) is 4.79 Å². The Hall–Kier alpha value is -2.63. The number of nitrogens with two attached hydrogens (primary N) is 1. The van der Waals surface area contributed by atoms with Crippen LogP contribution < -0.4 is 10.6 Å². The smallest absolute Gasteiger partial charge is 0.341 e. The first-order valence-corrected chi connectivity index (χ1v) is 9.10. The molecule has 1 aromatic heterocycles. The number of esters is 1. The van der Waals surface area contributed by atoms with Crippen LogP contribution in [0.3, 0.4) is 0 Å². The fourth-order valence-corrected chi connectivity index (χ4v) is 3.77. The first-order valence-electron chi connectivity index (χ1n) is 9.10. The molecule has 1 amide bonds. The number of carbonyl (C=O) groups is 2. The summed E-state index contributed by atoms with van der Waals surface area (Å²) in [5.41, 5.74) is 8.67. The number of anilines is 1. The molecule has 0 radical (unpaired) electrons. The highest BCUT2D eigenvalue weighted by Gasteiger charge is 2.27. The molecule has 0 spiro atoms. The number of hydrogen-bond acceptors (Lipinski definition) is 5. The highest BCUT2D eigenvalue weighted by atomic mass is 16.5. The molecule has 2 N–H and O–H groups in total. The van der Waals surface area contributed by atoms with Crippen molar-refractivity contribution in [2.24, 2.45) is 11.7 Å². The van der Waals surface area contributed by atoms with Gasteiger partial charge in [-0.3, -0.25) is 9.78 Å². The Morgan fingerprint density at radius 2 is 2.19 bits per heavy atom. The highest BCUT2D eigenvalue weighted by molar-refractivity contribution is 6.06. The van der Waals surface area contributed by atoms with Gasteiger partial charge in [-0.05, 0) is 38.2 Å². The zero-order valence-electron chi connectivity index (χ0n) is 15.3. The molecule has 1 saturated heterocycles. The number of hydrogen-bond donors (Lipinski definition) is 1. The molecular formula is C20H25N3O3. The summed E-state index contributed by atoms with van der Waals surface area (Å²) in [6, 6.07) is 5.98. The van der Waals surface area contributed by atoms with Crippen LogP contribution in [0.2, 0.25) is 0 Å². The van der Waals surface area contributed by atoms with E-state index < -0.39 is 0 Å². The molecule has 6 heteroatoms. The average molecular weight is 355 g/mol. The van der Waals surface area contributed by atoms with Gasteiger partial charge in [-0.15, -0.1) is 0 Å². The van der Waals surface area contributed by atoms with E-state index in [-0.39, 0.29) is 17.8 Å². The van der Waals surface area contributed by atoms with Crippen molar-refractivity contribution in [3.63, 3.8) is 0 Å². The van der Waals surface area contributed by atoms with Gasteiger partial charge in [0.2, 0.25) is 5.91 Å². The third kappa shape index (κ3) is 3.64. The first-order chi connectivity index (χ1) is 12.5. The number of primary amides is 1. The third-order valence-electron chi connectivity index (χ3n) is 4.89. The lowest BCUT2D eigenvalue weighted by Crippen LogP contribution is -2.38.